The summed E-state index contributed by atoms with van der Waals surface area (Å²) in [5.74, 6) is -2.16. The summed E-state index contributed by atoms with van der Waals surface area (Å²) in [5, 5.41) is 0.637. The topological polar surface area (TPSA) is 40.6 Å². The molecule has 3 aromatic carbocycles. The Balaban J connectivity index is 1.59. The van der Waals surface area contributed by atoms with E-state index in [4.69, 9.17) is 11.6 Å². The van der Waals surface area contributed by atoms with Crippen LogP contribution in [0.25, 0.3) is 0 Å². The molecule has 0 aromatic heterocycles. The normalized spacial score (nSPS) is 16.9. The van der Waals surface area contributed by atoms with Crippen molar-refractivity contribution in [3.8, 4) is 0 Å². The highest BCUT2D eigenvalue weighted by atomic mass is 35.5. The van der Waals surface area contributed by atoms with E-state index in [1.165, 1.54) is 0 Å². The van der Waals surface area contributed by atoms with Gasteiger partial charge in [0, 0.05) is 31.2 Å². The lowest BCUT2D eigenvalue weighted by atomic mass is 9.96. The highest BCUT2D eigenvalue weighted by molar-refractivity contribution is 7.89. The van der Waals surface area contributed by atoms with Gasteiger partial charge in [0.1, 0.15) is 11.6 Å². The number of hydrogen-bond acceptors (Lipinski definition) is 3. The lowest BCUT2D eigenvalue weighted by Gasteiger charge is -2.39. The molecule has 0 saturated carbocycles. The van der Waals surface area contributed by atoms with Crippen LogP contribution < -0.4 is 0 Å². The summed E-state index contributed by atoms with van der Waals surface area (Å²) in [7, 11) is -4.27. The zero-order valence-electron chi connectivity index (χ0n) is 16.6. The Hall–Kier alpha value is -2.32. The molecule has 0 aliphatic carbocycles. The second-order valence-corrected chi connectivity index (χ2v) is 9.67. The molecule has 162 valence electrons. The monoisotopic (exact) mass is 462 g/mol. The fourth-order valence-electron chi connectivity index (χ4n) is 3.95. The van der Waals surface area contributed by atoms with E-state index in [1.54, 1.807) is 0 Å². The Morgan fingerprint density at radius 3 is 1.87 bits per heavy atom. The number of hydrogen-bond donors (Lipinski definition) is 0. The van der Waals surface area contributed by atoms with Crippen molar-refractivity contribution in [1.82, 2.24) is 9.21 Å². The largest absolute Gasteiger partial charge is 0.290 e. The predicted molar refractivity (Wildman–Crippen MR) is 116 cm³/mol. The molecule has 0 N–H and O–H groups in total. The summed E-state index contributed by atoms with van der Waals surface area (Å²) in [4.78, 5) is 1.28. The van der Waals surface area contributed by atoms with Crippen molar-refractivity contribution in [3.05, 3.63) is 101 Å². The quantitative estimate of drug-likeness (QED) is 0.551. The highest BCUT2D eigenvalue weighted by Gasteiger charge is 2.35. The minimum atomic E-state index is -4.27. The maximum absolute atomic E-state index is 14.1. The van der Waals surface area contributed by atoms with Gasteiger partial charge in [-0.25, -0.2) is 17.2 Å². The van der Waals surface area contributed by atoms with Gasteiger partial charge in [0.05, 0.1) is 6.04 Å². The Labute approximate surface area is 185 Å². The summed E-state index contributed by atoms with van der Waals surface area (Å²) >= 11 is 6.05. The van der Waals surface area contributed by atoms with Gasteiger partial charge in [-0.1, -0.05) is 60.1 Å². The van der Waals surface area contributed by atoms with Crippen molar-refractivity contribution in [2.45, 2.75) is 10.9 Å². The Morgan fingerprint density at radius 2 is 1.29 bits per heavy atom. The highest BCUT2D eigenvalue weighted by Crippen LogP contribution is 2.32. The van der Waals surface area contributed by atoms with Gasteiger partial charge in [-0.3, -0.25) is 4.90 Å². The molecule has 1 aliphatic heterocycles. The second-order valence-electron chi connectivity index (χ2n) is 7.36. The molecule has 1 atom stereocenters. The third kappa shape index (κ3) is 4.50. The number of nitrogens with zero attached hydrogens (tertiary/aromatic N) is 2. The van der Waals surface area contributed by atoms with Gasteiger partial charge in [0.15, 0.2) is 4.90 Å². The van der Waals surface area contributed by atoms with E-state index < -0.39 is 26.6 Å². The van der Waals surface area contributed by atoms with Crippen molar-refractivity contribution in [1.29, 1.82) is 0 Å². The Bertz CT molecular complexity index is 1130. The van der Waals surface area contributed by atoms with Gasteiger partial charge in [-0.2, -0.15) is 4.31 Å². The van der Waals surface area contributed by atoms with E-state index in [2.05, 4.69) is 4.90 Å². The second kappa shape index (κ2) is 9.04. The van der Waals surface area contributed by atoms with E-state index in [1.807, 2.05) is 54.6 Å². The van der Waals surface area contributed by atoms with Crippen molar-refractivity contribution in [2.75, 3.05) is 26.2 Å². The number of benzene rings is 3. The minimum Gasteiger partial charge on any atom is -0.290 e. The molecule has 0 bridgehead atoms. The number of piperazine rings is 1. The molecule has 1 saturated heterocycles. The Kier molecular flexibility index (Phi) is 6.39. The lowest BCUT2D eigenvalue weighted by molar-refractivity contribution is 0.155. The van der Waals surface area contributed by atoms with Crippen LogP contribution in [0.15, 0.2) is 77.7 Å². The number of halogens is 3. The molecule has 8 heteroatoms. The summed E-state index contributed by atoms with van der Waals surface area (Å²) in [6.45, 7) is 1.09. The molecule has 1 fully saturated rings. The van der Waals surface area contributed by atoms with E-state index in [-0.39, 0.29) is 19.1 Å². The maximum atomic E-state index is 14.1. The number of sulfonamides is 1. The average Bonchev–Trinajstić information content (AvgIpc) is 2.76. The van der Waals surface area contributed by atoms with Gasteiger partial charge >= 0.3 is 0 Å². The Morgan fingerprint density at radius 1 is 0.742 bits per heavy atom. The van der Waals surface area contributed by atoms with Crippen LogP contribution in [-0.2, 0) is 10.0 Å². The summed E-state index contributed by atoms with van der Waals surface area (Å²) in [5.41, 5.74) is 2.10. The standard InChI is InChI=1S/C23H21ClF2N2O2S/c24-19-11-9-18(10-12-19)22(17-5-2-1-3-6-17)27-13-15-28(16-14-27)31(29,30)23-20(25)7-4-8-21(23)26/h1-12,22H,13-16H2/t22-/m1/s1. The van der Waals surface area contributed by atoms with Gasteiger partial charge in [-0.15, -0.1) is 0 Å². The van der Waals surface area contributed by atoms with Gasteiger partial charge in [0.2, 0.25) is 10.0 Å². The molecule has 31 heavy (non-hydrogen) atoms. The zero-order valence-corrected chi connectivity index (χ0v) is 18.2. The minimum absolute atomic E-state index is 0.0893. The average molecular weight is 463 g/mol. The van der Waals surface area contributed by atoms with Gasteiger partial charge in [0.25, 0.3) is 0 Å². The third-order valence-electron chi connectivity index (χ3n) is 5.46. The molecule has 0 spiro atoms. The molecular formula is C23H21ClF2N2O2S. The molecule has 1 heterocycles. The molecule has 4 nitrogen and oxygen atoms in total. The molecule has 0 unspecified atom stereocenters. The van der Waals surface area contributed by atoms with E-state index >= 15 is 0 Å². The summed E-state index contributed by atoms with van der Waals surface area (Å²) in [6, 6.07) is 20.4. The molecule has 4 rings (SSSR count). The first-order chi connectivity index (χ1) is 14.9. The van der Waals surface area contributed by atoms with Crippen molar-refractivity contribution in [3.63, 3.8) is 0 Å². The van der Waals surface area contributed by atoms with Gasteiger partial charge < -0.3 is 0 Å². The first kappa shape index (κ1) is 21.9. The van der Waals surface area contributed by atoms with Crippen molar-refractivity contribution < 1.29 is 17.2 Å². The van der Waals surface area contributed by atoms with Crippen LogP contribution in [0.1, 0.15) is 17.2 Å². The van der Waals surface area contributed by atoms with E-state index in [0.717, 1.165) is 33.6 Å². The summed E-state index contributed by atoms with van der Waals surface area (Å²) in [6.07, 6.45) is 0. The number of rotatable bonds is 5. The van der Waals surface area contributed by atoms with E-state index in [9.17, 15) is 17.2 Å². The van der Waals surface area contributed by atoms with Crippen LogP contribution in [-0.4, -0.2) is 43.8 Å². The van der Waals surface area contributed by atoms with Gasteiger partial charge in [-0.05, 0) is 35.4 Å². The molecule has 0 radical (unpaired) electrons. The summed E-state index contributed by atoms with van der Waals surface area (Å²) < 4.78 is 55.2. The lowest BCUT2D eigenvalue weighted by Crippen LogP contribution is -2.50. The first-order valence-corrected chi connectivity index (χ1v) is 11.7. The molecule has 3 aromatic rings. The van der Waals surface area contributed by atoms with Crippen molar-refractivity contribution >= 4 is 21.6 Å². The SMILES string of the molecule is O=S(=O)(c1c(F)cccc1F)N1CCN([C@H](c2ccccc2)c2ccc(Cl)cc2)CC1. The maximum Gasteiger partial charge on any atom is 0.249 e. The fraction of sp³-hybridized carbons (Fsp3) is 0.217. The van der Waals surface area contributed by atoms with Crippen LogP contribution in [0.4, 0.5) is 8.78 Å². The first-order valence-electron chi connectivity index (χ1n) is 9.86. The molecule has 0 amide bonds. The molecule has 1 aliphatic rings. The van der Waals surface area contributed by atoms with Crippen LogP contribution in [0.2, 0.25) is 5.02 Å². The van der Waals surface area contributed by atoms with Crippen LogP contribution in [0, 0.1) is 11.6 Å². The van der Waals surface area contributed by atoms with Crippen LogP contribution in [0.5, 0.6) is 0 Å². The smallest absolute Gasteiger partial charge is 0.249 e. The van der Waals surface area contributed by atoms with E-state index in [0.29, 0.717) is 18.1 Å². The fourth-order valence-corrected chi connectivity index (χ4v) is 5.61. The molecular weight excluding hydrogens is 442 g/mol. The van der Waals surface area contributed by atoms with Crippen LogP contribution in [0.3, 0.4) is 0 Å². The zero-order chi connectivity index (χ0) is 22.0. The third-order valence-corrected chi connectivity index (χ3v) is 7.66. The van der Waals surface area contributed by atoms with Crippen molar-refractivity contribution in [2.24, 2.45) is 0 Å². The predicted octanol–water partition coefficient (Wildman–Crippen LogP) is 4.71. The van der Waals surface area contributed by atoms with Crippen LogP contribution >= 0.6 is 11.6 Å².